The number of nitrogens with one attached hydrogen (secondary N) is 1. The fourth-order valence-corrected chi connectivity index (χ4v) is 2.19. The van der Waals surface area contributed by atoms with E-state index in [0.717, 1.165) is 37.2 Å². The molecule has 5 heteroatoms. The molecule has 0 aliphatic heterocycles. The maximum absolute atomic E-state index is 4.22. The number of H-pyrrole nitrogens is 1. The Morgan fingerprint density at radius 1 is 1.15 bits per heavy atom. The lowest BCUT2D eigenvalue weighted by Gasteiger charge is -1.99. The monoisotopic (exact) mass is 267 g/mol. The van der Waals surface area contributed by atoms with Crippen molar-refractivity contribution in [3.63, 3.8) is 0 Å². The minimum Gasteiger partial charge on any atom is -0.348 e. The van der Waals surface area contributed by atoms with E-state index in [9.17, 15) is 0 Å². The highest BCUT2D eigenvalue weighted by molar-refractivity contribution is 5.19. The van der Waals surface area contributed by atoms with Gasteiger partial charge in [-0.15, -0.1) is 5.10 Å². The summed E-state index contributed by atoms with van der Waals surface area (Å²) in [4.78, 5) is 7.11. The zero-order valence-corrected chi connectivity index (χ0v) is 11.2. The molecule has 0 aliphatic rings. The van der Waals surface area contributed by atoms with Crippen molar-refractivity contribution < 1.29 is 0 Å². The maximum Gasteiger partial charge on any atom is 0.0921 e. The third-order valence-electron chi connectivity index (χ3n) is 3.20. The largest absolute Gasteiger partial charge is 0.348 e. The van der Waals surface area contributed by atoms with Gasteiger partial charge >= 0.3 is 0 Å². The number of aryl methyl sites for hydroxylation is 2. The molecule has 0 amide bonds. The topological polar surface area (TPSA) is 59.4 Å². The van der Waals surface area contributed by atoms with Crippen LogP contribution in [-0.4, -0.2) is 25.0 Å². The number of rotatable bonds is 6. The molecule has 0 radical (unpaired) electrons. The molecule has 3 rings (SSSR count). The molecule has 0 spiro atoms. The van der Waals surface area contributed by atoms with Crippen LogP contribution >= 0.6 is 0 Å². The van der Waals surface area contributed by atoms with Gasteiger partial charge in [-0.3, -0.25) is 4.68 Å². The number of hydrogen-bond acceptors (Lipinski definition) is 3. The van der Waals surface area contributed by atoms with Gasteiger partial charge in [-0.05, 0) is 18.4 Å². The van der Waals surface area contributed by atoms with Gasteiger partial charge < -0.3 is 4.98 Å². The number of hydrogen-bond donors (Lipinski definition) is 1. The van der Waals surface area contributed by atoms with E-state index in [2.05, 4.69) is 32.4 Å². The van der Waals surface area contributed by atoms with Gasteiger partial charge in [0.1, 0.15) is 0 Å². The Labute approximate surface area is 117 Å². The van der Waals surface area contributed by atoms with E-state index in [1.807, 2.05) is 35.3 Å². The van der Waals surface area contributed by atoms with Gasteiger partial charge in [-0.25, -0.2) is 4.98 Å². The number of imidazole rings is 1. The average Bonchev–Trinajstić information content (AvgIpc) is 3.12. The maximum atomic E-state index is 4.22. The molecular weight excluding hydrogens is 250 g/mol. The van der Waals surface area contributed by atoms with Crippen molar-refractivity contribution >= 4 is 0 Å². The second kappa shape index (κ2) is 6.14. The summed E-state index contributed by atoms with van der Waals surface area (Å²) in [5.74, 6) is 0. The average molecular weight is 267 g/mol. The van der Waals surface area contributed by atoms with E-state index in [1.165, 1.54) is 5.56 Å². The van der Waals surface area contributed by atoms with Gasteiger partial charge in [-0.2, -0.15) is 0 Å². The number of benzene rings is 1. The second-order valence-corrected chi connectivity index (χ2v) is 4.82. The molecule has 20 heavy (non-hydrogen) atoms. The molecule has 1 aromatic carbocycles. The summed E-state index contributed by atoms with van der Waals surface area (Å²) in [5.41, 5.74) is 3.43. The summed E-state index contributed by atoms with van der Waals surface area (Å²) >= 11 is 0. The van der Waals surface area contributed by atoms with Gasteiger partial charge in [-0.1, -0.05) is 35.5 Å². The van der Waals surface area contributed by atoms with E-state index in [1.54, 1.807) is 6.33 Å². The van der Waals surface area contributed by atoms with Crippen LogP contribution in [0.3, 0.4) is 0 Å². The summed E-state index contributed by atoms with van der Waals surface area (Å²) in [6.07, 6.45) is 8.44. The summed E-state index contributed by atoms with van der Waals surface area (Å²) in [5, 5.41) is 8.39. The highest BCUT2D eigenvalue weighted by Gasteiger charge is 2.02. The molecule has 0 saturated carbocycles. The van der Waals surface area contributed by atoms with Crippen LogP contribution in [0.2, 0.25) is 0 Å². The number of aromatic amines is 1. The van der Waals surface area contributed by atoms with Crippen molar-refractivity contribution in [2.45, 2.75) is 25.8 Å². The lowest BCUT2D eigenvalue weighted by molar-refractivity contribution is 0.556. The van der Waals surface area contributed by atoms with Crippen LogP contribution in [0.5, 0.6) is 0 Å². The number of aromatic nitrogens is 5. The van der Waals surface area contributed by atoms with Gasteiger partial charge in [0.15, 0.2) is 0 Å². The molecule has 0 aliphatic carbocycles. The summed E-state index contributed by atoms with van der Waals surface area (Å²) in [6, 6.07) is 10.3. The molecule has 5 nitrogen and oxygen atoms in total. The molecule has 102 valence electrons. The van der Waals surface area contributed by atoms with E-state index in [-0.39, 0.29) is 0 Å². The minimum atomic E-state index is 0.835. The Morgan fingerprint density at radius 2 is 2.05 bits per heavy atom. The predicted octanol–water partition coefficient (Wildman–Crippen LogP) is 2.22. The normalized spacial score (nSPS) is 10.8. The van der Waals surface area contributed by atoms with Crippen molar-refractivity contribution in [2.75, 3.05) is 0 Å². The van der Waals surface area contributed by atoms with Crippen LogP contribution < -0.4 is 0 Å². The molecule has 0 atom stereocenters. The molecule has 2 heterocycles. The lowest BCUT2D eigenvalue weighted by Crippen LogP contribution is -2.00. The molecule has 1 N–H and O–H groups in total. The summed E-state index contributed by atoms with van der Waals surface area (Å²) < 4.78 is 1.91. The number of nitrogens with zero attached hydrogens (tertiary/aromatic N) is 4. The first-order chi connectivity index (χ1) is 9.90. The highest BCUT2D eigenvalue weighted by atomic mass is 15.4. The SMILES string of the molecule is c1ccc(Cc2cn(CCCc3cnc[nH]3)nn2)cc1. The van der Waals surface area contributed by atoms with Crippen molar-refractivity contribution in [3.05, 3.63) is 66.0 Å². The fraction of sp³-hybridized carbons (Fsp3) is 0.267. The molecule has 0 unspecified atom stereocenters. The van der Waals surface area contributed by atoms with E-state index < -0.39 is 0 Å². The zero-order valence-electron chi connectivity index (χ0n) is 11.2. The van der Waals surface area contributed by atoms with Gasteiger partial charge in [0.2, 0.25) is 0 Å². The summed E-state index contributed by atoms with van der Waals surface area (Å²) in [7, 11) is 0. The first-order valence-corrected chi connectivity index (χ1v) is 6.80. The van der Waals surface area contributed by atoms with Crippen LogP contribution in [0.1, 0.15) is 23.4 Å². The van der Waals surface area contributed by atoms with Gasteiger partial charge in [0.25, 0.3) is 0 Å². The quantitative estimate of drug-likeness (QED) is 0.745. The molecule has 3 aromatic rings. The third-order valence-corrected chi connectivity index (χ3v) is 3.20. The molecule has 0 fully saturated rings. The van der Waals surface area contributed by atoms with Crippen molar-refractivity contribution in [3.8, 4) is 0 Å². The van der Waals surface area contributed by atoms with Gasteiger partial charge in [0.05, 0.1) is 12.0 Å². The Hall–Kier alpha value is -2.43. The van der Waals surface area contributed by atoms with Crippen molar-refractivity contribution in [1.82, 2.24) is 25.0 Å². The standard InChI is InChI=1S/C15H17N5/c1-2-5-13(6-3-1)9-15-11-20(19-18-15)8-4-7-14-10-16-12-17-14/h1-3,5-6,10-12H,4,7-9H2,(H,16,17). The zero-order chi connectivity index (χ0) is 13.6. The van der Waals surface area contributed by atoms with Crippen LogP contribution in [0.4, 0.5) is 0 Å². The predicted molar refractivity (Wildman–Crippen MR) is 76.2 cm³/mol. The van der Waals surface area contributed by atoms with Crippen molar-refractivity contribution in [2.24, 2.45) is 0 Å². The summed E-state index contributed by atoms with van der Waals surface area (Å²) in [6.45, 7) is 0.876. The fourth-order valence-electron chi connectivity index (χ4n) is 2.19. The third kappa shape index (κ3) is 3.32. The highest BCUT2D eigenvalue weighted by Crippen LogP contribution is 2.06. The van der Waals surface area contributed by atoms with E-state index >= 15 is 0 Å². The lowest BCUT2D eigenvalue weighted by atomic mass is 10.1. The molecule has 0 saturated heterocycles. The molecular formula is C15H17N5. The first kappa shape index (κ1) is 12.6. The Bertz CT molecular complexity index is 627. The van der Waals surface area contributed by atoms with E-state index in [0.29, 0.717) is 0 Å². The molecule has 2 aromatic heterocycles. The minimum absolute atomic E-state index is 0.835. The smallest absolute Gasteiger partial charge is 0.0921 e. The van der Waals surface area contributed by atoms with E-state index in [4.69, 9.17) is 0 Å². The Balaban J connectivity index is 1.52. The van der Waals surface area contributed by atoms with Crippen LogP contribution in [0.15, 0.2) is 49.1 Å². The second-order valence-electron chi connectivity index (χ2n) is 4.82. The molecule has 0 bridgehead atoms. The van der Waals surface area contributed by atoms with Gasteiger partial charge in [0, 0.05) is 31.1 Å². The van der Waals surface area contributed by atoms with Crippen LogP contribution in [-0.2, 0) is 19.4 Å². The van der Waals surface area contributed by atoms with Crippen molar-refractivity contribution in [1.29, 1.82) is 0 Å². The first-order valence-electron chi connectivity index (χ1n) is 6.80. The van der Waals surface area contributed by atoms with Crippen LogP contribution in [0, 0.1) is 0 Å². The van der Waals surface area contributed by atoms with Crippen LogP contribution in [0.25, 0.3) is 0 Å². The Morgan fingerprint density at radius 3 is 2.85 bits per heavy atom. The Kier molecular flexibility index (Phi) is 3.87.